The van der Waals surface area contributed by atoms with Crippen LogP contribution in [-0.2, 0) is 24.4 Å². The predicted molar refractivity (Wildman–Crippen MR) is 116 cm³/mol. The minimum atomic E-state index is 0.592. The van der Waals surface area contributed by atoms with Crippen molar-refractivity contribution in [1.29, 1.82) is 0 Å². The predicted octanol–water partition coefficient (Wildman–Crippen LogP) is 3.43. The lowest BCUT2D eigenvalue weighted by Gasteiger charge is -2.26. The monoisotopic (exact) mass is 400 g/mol. The first kappa shape index (κ1) is 20.6. The molecule has 0 aromatic heterocycles. The molecule has 28 heavy (non-hydrogen) atoms. The molecule has 1 saturated heterocycles. The third-order valence-corrected chi connectivity index (χ3v) is 4.88. The summed E-state index contributed by atoms with van der Waals surface area (Å²) in [5.74, 6) is 0.805. The van der Waals surface area contributed by atoms with Crippen molar-refractivity contribution >= 4 is 17.6 Å². The topological polar surface area (TPSA) is 48.9 Å². The van der Waals surface area contributed by atoms with Gasteiger partial charge in [0.2, 0.25) is 0 Å². The highest BCUT2D eigenvalue weighted by molar-refractivity contribution is 6.30. The lowest BCUT2D eigenvalue weighted by atomic mass is 10.1. The molecule has 0 aliphatic carbocycles. The van der Waals surface area contributed by atoms with Gasteiger partial charge in [-0.05, 0) is 35.7 Å². The number of guanidine groups is 1. The van der Waals surface area contributed by atoms with Gasteiger partial charge in [0, 0.05) is 37.7 Å². The second-order valence-electron chi connectivity index (χ2n) is 6.88. The van der Waals surface area contributed by atoms with Crippen LogP contribution in [0.2, 0.25) is 5.02 Å². The summed E-state index contributed by atoms with van der Waals surface area (Å²) < 4.78 is 5.41. The Bertz CT molecular complexity index is 757. The quantitative estimate of drug-likeness (QED) is 0.552. The van der Waals surface area contributed by atoms with Gasteiger partial charge in [-0.2, -0.15) is 0 Å². The smallest absolute Gasteiger partial charge is 0.191 e. The van der Waals surface area contributed by atoms with Gasteiger partial charge in [-0.25, -0.2) is 4.99 Å². The van der Waals surface area contributed by atoms with Gasteiger partial charge >= 0.3 is 0 Å². The molecule has 0 spiro atoms. The summed E-state index contributed by atoms with van der Waals surface area (Å²) in [6, 6.07) is 16.6. The summed E-state index contributed by atoms with van der Waals surface area (Å²) in [5.41, 5.74) is 3.67. The van der Waals surface area contributed by atoms with Crippen LogP contribution in [0, 0.1) is 0 Å². The molecule has 1 aliphatic heterocycles. The van der Waals surface area contributed by atoms with E-state index in [-0.39, 0.29) is 0 Å². The molecule has 0 atom stereocenters. The van der Waals surface area contributed by atoms with E-state index in [4.69, 9.17) is 16.3 Å². The van der Waals surface area contributed by atoms with Gasteiger partial charge in [-0.1, -0.05) is 48.0 Å². The number of halogens is 1. The van der Waals surface area contributed by atoms with Gasteiger partial charge < -0.3 is 15.4 Å². The third-order valence-electron chi connectivity index (χ3n) is 4.65. The first-order chi connectivity index (χ1) is 13.7. The molecule has 150 valence electrons. The minimum absolute atomic E-state index is 0.592. The fraction of sp³-hybridized carbons (Fsp3) is 0.409. The standard InChI is InChI=1S/C22H29ClN4O/c1-2-24-22(26-16-20-4-3-5-21(23)14-20)25-15-18-6-8-19(9-7-18)17-27-10-12-28-13-11-27/h3-9,14H,2,10-13,15-17H2,1H3,(H2,24,25,26). The zero-order chi connectivity index (χ0) is 19.6. The van der Waals surface area contributed by atoms with E-state index in [1.54, 1.807) is 0 Å². The molecule has 2 aromatic carbocycles. The SMILES string of the molecule is CCNC(=NCc1cccc(Cl)c1)NCc1ccc(CN2CCOCC2)cc1. The Hall–Kier alpha value is -2.08. The van der Waals surface area contributed by atoms with Crippen molar-refractivity contribution in [1.82, 2.24) is 15.5 Å². The van der Waals surface area contributed by atoms with Crippen molar-refractivity contribution in [3.05, 3.63) is 70.2 Å². The van der Waals surface area contributed by atoms with Crippen molar-refractivity contribution in [2.24, 2.45) is 4.99 Å². The van der Waals surface area contributed by atoms with Crippen LogP contribution >= 0.6 is 11.6 Å². The highest BCUT2D eigenvalue weighted by atomic mass is 35.5. The number of morpholine rings is 1. The highest BCUT2D eigenvalue weighted by Gasteiger charge is 2.10. The Labute approximate surface area is 172 Å². The van der Waals surface area contributed by atoms with Crippen LogP contribution in [-0.4, -0.2) is 43.7 Å². The van der Waals surface area contributed by atoms with Gasteiger partial charge in [0.1, 0.15) is 0 Å². The lowest BCUT2D eigenvalue weighted by Crippen LogP contribution is -2.36. The van der Waals surface area contributed by atoms with Crippen molar-refractivity contribution < 1.29 is 4.74 Å². The summed E-state index contributed by atoms with van der Waals surface area (Å²) in [6.45, 7) is 8.90. The van der Waals surface area contributed by atoms with E-state index >= 15 is 0 Å². The molecular weight excluding hydrogens is 372 g/mol. The second kappa shape index (κ2) is 11.1. The summed E-state index contributed by atoms with van der Waals surface area (Å²) in [6.07, 6.45) is 0. The second-order valence-corrected chi connectivity index (χ2v) is 7.32. The summed E-state index contributed by atoms with van der Waals surface area (Å²) in [5, 5.41) is 7.43. The fourth-order valence-corrected chi connectivity index (χ4v) is 3.33. The van der Waals surface area contributed by atoms with Crippen molar-refractivity contribution in [2.45, 2.75) is 26.6 Å². The molecule has 1 fully saturated rings. The molecule has 2 aromatic rings. The first-order valence-corrected chi connectivity index (χ1v) is 10.3. The van der Waals surface area contributed by atoms with Crippen molar-refractivity contribution in [3.63, 3.8) is 0 Å². The molecule has 5 nitrogen and oxygen atoms in total. The Morgan fingerprint density at radius 2 is 1.79 bits per heavy atom. The molecule has 3 rings (SSSR count). The summed E-state index contributed by atoms with van der Waals surface area (Å²) in [4.78, 5) is 7.09. The van der Waals surface area contributed by atoms with Crippen LogP contribution in [0.25, 0.3) is 0 Å². The number of rotatable bonds is 7. The number of nitrogens with one attached hydrogen (secondary N) is 2. The number of benzene rings is 2. The summed E-state index contributed by atoms with van der Waals surface area (Å²) in [7, 11) is 0. The Kier molecular flexibility index (Phi) is 8.15. The van der Waals surface area contributed by atoms with Gasteiger partial charge in [0.25, 0.3) is 0 Å². The van der Waals surface area contributed by atoms with E-state index < -0.39 is 0 Å². The van der Waals surface area contributed by atoms with Crippen LogP contribution in [0.4, 0.5) is 0 Å². The van der Waals surface area contributed by atoms with E-state index in [1.807, 2.05) is 24.3 Å². The van der Waals surface area contributed by atoms with Crippen molar-refractivity contribution in [3.8, 4) is 0 Å². The Balaban J connectivity index is 1.51. The maximum Gasteiger partial charge on any atom is 0.191 e. The molecule has 0 saturated carbocycles. The summed E-state index contributed by atoms with van der Waals surface area (Å²) >= 11 is 6.05. The number of hydrogen-bond donors (Lipinski definition) is 2. The zero-order valence-electron chi connectivity index (χ0n) is 16.5. The molecular formula is C22H29ClN4O. The molecule has 0 radical (unpaired) electrons. The molecule has 0 bridgehead atoms. The molecule has 2 N–H and O–H groups in total. The van der Waals surface area contributed by atoms with E-state index in [0.717, 1.165) is 62.5 Å². The number of aliphatic imine (C=N–C) groups is 1. The minimum Gasteiger partial charge on any atom is -0.379 e. The van der Waals surface area contributed by atoms with Gasteiger partial charge in [0.15, 0.2) is 5.96 Å². The number of ether oxygens (including phenoxy) is 1. The lowest BCUT2D eigenvalue weighted by molar-refractivity contribution is 0.0342. The normalized spacial score (nSPS) is 15.4. The first-order valence-electron chi connectivity index (χ1n) is 9.87. The van der Waals surface area contributed by atoms with Gasteiger partial charge in [0.05, 0.1) is 19.8 Å². The molecule has 0 amide bonds. The maximum atomic E-state index is 6.05. The van der Waals surface area contributed by atoms with Gasteiger partial charge in [-0.3, -0.25) is 4.90 Å². The average molecular weight is 401 g/mol. The van der Waals surface area contributed by atoms with Crippen LogP contribution in [0.1, 0.15) is 23.6 Å². The van der Waals surface area contributed by atoms with E-state index in [0.29, 0.717) is 6.54 Å². The van der Waals surface area contributed by atoms with E-state index in [9.17, 15) is 0 Å². The van der Waals surface area contributed by atoms with E-state index in [2.05, 4.69) is 51.7 Å². The Morgan fingerprint density at radius 3 is 2.50 bits per heavy atom. The van der Waals surface area contributed by atoms with Crippen LogP contribution < -0.4 is 10.6 Å². The number of nitrogens with zero attached hydrogens (tertiary/aromatic N) is 2. The van der Waals surface area contributed by atoms with E-state index in [1.165, 1.54) is 11.1 Å². The van der Waals surface area contributed by atoms with Crippen LogP contribution in [0.3, 0.4) is 0 Å². The zero-order valence-corrected chi connectivity index (χ0v) is 17.2. The largest absolute Gasteiger partial charge is 0.379 e. The number of hydrogen-bond acceptors (Lipinski definition) is 3. The highest BCUT2D eigenvalue weighted by Crippen LogP contribution is 2.12. The van der Waals surface area contributed by atoms with Crippen molar-refractivity contribution in [2.75, 3.05) is 32.8 Å². The van der Waals surface area contributed by atoms with Gasteiger partial charge in [-0.15, -0.1) is 0 Å². The third kappa shape index (κ3) is 6.82. The fourth-order valence-electron chi connectivity index (χ4n) is 3.11. The Morgan fingerprint density at radius 1 is 1.04 bits per heavy atom. The maximum absolute atomic E-state index is 6.05. The van der Waals surface area contributed by atoms with Crippen LogP contribution in [0.15, 0.2) is 53.5 Å². The molecule has 1 heterocycles. The molecule has 6 heteroatoms. The molecule has 1 aliphatic rings. The average Bonchev–Trinajstić information content (AvgIpc) is 2.72. The van der Waals surface area contributed by atoms with Crippen LogP contribution in [0.5, 0.6) is 0 Å². The molecule has 0 unspecified atom stereocenters.